The Kier molecular flexibility index (Phi) is 23.0. The molecule has 0 bridgehead atoms. The van der Waals surface area contributed by atoms with Gasteiger partial charge < -0.3 is 30.5 Å². The monoisotopic (exact) mass is 762 g/mol. The normalized spacial score (nSPS) is 9.06. The molecule has 12 nitrogen and oxygen atoms in total. The first-order valence-corrected chi connectivity index (χ1v) is 14.7. The van der Waals surface area contributed by atoms with Gasteiger partial charge in [-0.3, -0.25) is 19.9 Å². The van der Waals surface area contributed by atoms with Crippen LogP contribution in [0.4, 0.5) is 0 Å². The van der Waals surface area contributed by atoms with Crippen LogP contribution in [0, 0.1) is 0 Å². The number of aromatic nitrogens is 4. The molecular weight excluding hydrogens is 730 g/mol. The molecule has 15 heteroatoms. The fourth-order valence-electron chi connectivity index (χ4n) is 3.36. The minimum Gasteiger partial charge on any atom is -0.753 e. The maximum atomic E-state index is 10.8. The van der Waals surface area contributed by atoms with Gasteiger partial charge in [0.1, 0.15) is 11.5 Å². The molecule has 4 aromatic heterocycles. The Morgan fingerprint density at radius 2 is 0.957 bits per heavy atom. The third-order valence-electron chi connectivity index (χ3n) is 5.53. The van der Waals surface area contributed by atoms with Crippen molar-refractivity contribution >= 4 is 46.7 Å². The Labute approximate surface area is 296 Å². The largest absolute Gasteiger partial charge is 2.00 e. The molecule has 0 aliphatic rings. The van der Waals surface area contributed by atoms with E-state index in [0.717, 1.165) is 61.8 Å². The number of rotatable bonds is 12. The number of hydrogen-bond acceptors (Lipinski definition) is 10. The van der Waals surface area contributed by atoms with Crippen molar-refractivity contribution in [1.29, 1.82) is 0 Å². The SMILES string of the molecule is CCCCOc1ccnc(-c2cc(OCCCC)ccn2)c1.O=C(O)c1ccnc(-c2cc(C(=O)O)ccn2)c1.[N-]=C=S.[N-]=C=S.[Ru+2]. The van der Waals surface area contributed by atoms with Gasteiger partial charge in [-0.2, -0.15) is 10.3 Å². The number of aromatic carboxylic acids is 2. The van der Waals surface area contributed by atoms with Crippen molar-refractivity contribution in [3.8, 4) is 34.3 Å². The van der Waals surface area contributed by atoms with Crippen LogP contribution in [-0.4, -0.2) is 65.6 Å². The van der Waals surface area contributed by atoms with E-state index >= 15 is 0 Å². The van der Waals surface area contributed by atoms with Gasteiger partial charge in [0.05, 0.1) is 47.1 Å². The Morgan fingerprint density at radius 1 is 0.660 bits per heavy atom. The van der Waals surface area contributed by atoms with Crippen LogP contribution in [-0.2, 0) is 19.5 Å². The van der Waals surface area contributed by atoms with E-state index in [1.54, 1.807) is 12.4 Å². The quantitative estimate of drug-likeness (QED) is 0.0633. The number of carbonyl (C=O) groups is 2. The molecule has 4 rings (SSSR count). The summed E-state index contributed by atoms with van der Waals surface area (Å²) >= 11 is 7.40. The van der Waals surface area contributed by atoms with Crippen LogP contribution >= 0.6 is 24.4 Å². The molecule has 0 unspecified atom stereocenters. The summed E-state index contributed by atoms with van der Waals surface area (Å²) in [5.74, 6) is -0.490. The van der Waals surface area contributed by atoms with Crippen LogP contribution in [0.1, 0.15) is 60.2 Å². The van der Waals surface area contributed by atoms with E-state index in [2.05, 4.69) is 58.2 Å². The molecule has 0 amide bonds. The second-order valence-corrected chi connectivity index (χ2v) is 9.18. The van der Waals surface area contributed by atoms with E-state index in [1.165, 1.54) is 47.0 Å². The van der Waals surface area contributed by atoms with Crippen molar-refractivity contribution < 1.29 is 48.8 Å². The van der Waals surface area contributed by atoms with Crippen molar-refractivity contribution in [3.63, 3.8) is 0 Å². The van der Waals surface area contributed by atoms with Crippen molar-refractivity contribution in [2.24, 2.45) is 0 Å². The minimum absolute atomic E-state index is 0. The van der Waals surface area contributed by atoms with Crippen LogP contribution in [0.2, 0.25) is 0 Å². The first kappa shape index (κ1) is 42.4. The molecule has 0 aliphatic carbocycles. The van der Waals surface area contributed by atoms with Gasteiger partial charge in [-0.1, -0.05) is 51.1 Å². The summed E-state index contributed by atoms with van der Waals surface area (Å²) in [4.78, 5) is 38.3. The number of hydrogen-bond donors (Lipinski definition) is 2. The molecule has 0 spiro atoms. The first-order chi connectivity index (χ1) is 22.2. The fourth-order valence-corrected chi connectivity index (χ4v) is 3.36. The molecule has 2 N–H and O–H groups in total. The molecule has 0 radical (unpaired) electrons. The summed E-state index contributed by atoms with van der Waals surface area (Å²) in [7, 11) is 0. The number of unbranched alkanes of at least 4 members (excludes halogenated alkanes) is 2. The number of ether oxygens (including phenoxy) is 2. The molecule has 0 atom stereocenters. The van der Waals surface area contributed by atoms with Crippen LogP contribution in [0.5, 0.6) is 11.5 Å². The van der Waals surface area contributed by atoms with Crippen molar-refractivity contribution in [3.05, 3.63) is 95.3 Å². The van der Waals surface area contributed by atoms with E-state index < -0.39 is 11.9 Å². The molecule has 4 heterocycles. The van der Waals surface area contributed by atoms with Crippen molar-refractivity contribution in [2.45, 2.75) is 39.5 Å². The van der Waals surface area contributed by atoms with Gasteiger partial charge in [0.25, 0.3) is 0 Å². The Bertz CT molecular complexity index is 1500. The number of thiocarbonyl (C=S) groups is 2. The summed E-state index contributed by atoms with van der Waals surface area (Å²) in [6, 6.07) is 13.0. The van der Waals surface area contributed by atoms with E-state index in [4.69, 9.17) is 30.5 Å². The van der Waals surface area contributed by atoms with Crippen molar-refractivity contribution in [2.75, 3.05) is 13.2 Å². The predicted molar refractivity (Wildman–Crippen MR) is 182 cm³/mol. The van der Waals surface area contributed by atoms with Gasteiger partial charge >= 0.3 is 31.4 Å². The van der Waals surface area contributed by atoms with E-state index in [1.807, 2.05) is 24.3 Å². The summed E-state index contributed by atoms with van der Waals surface area (Å²) in [6.45, 7) is 5.76. The number of carboxylic acid groups (broad SMARTS) is 2. The second kappa shape index (κ2) is 25.5. The molecule has 47 heavy (non-hydrogen) atoms. The average Bonchev–Trinajstić information content (AvgIpc) is 3.06. The summed E-state index contributed by atoms with van der Waals surface area (Å²) in [5.41, 5.74) is 2.38. The number of pyridine rings is 4. The zero-order valence-electron chi connectivity index (χ0n) is 25.6. The summed E-state index contributed by atoms with van der Waals surface area (Å²) in [5, 5.41) is 34.6. The van der Waals surface area contributed by atoms with Crippen LogP contribution in [0.25, 0.3) is 33.6 Å². The number of nitrogens with zero attached hydrogens (tertiary/aromatic N) is 6. The topological polar surface area (TPSA) is 189 Å². The minimum atomic E-state index is -1.08. The summed E-state index contributed by atoms with van der Waals surface area (Å²) < 4.78 is 11.4. The molecule has 0 aliphatic heterocycles. The van der Waals surface area contributed by atoms with E-state index in [9.17, 15) is 9.59 Å². The van der Waals surface area contributed by atoms with Crippen LogP contribution in [0.3, 0.4) is 0 Å². The van der Waals surface area contributed by atoms with Gasteiger partial charge in [-0.05, 0) is 49.2 Å². The number of carboxylic acids is 2. The first-order valence-electron chi connectivity index (χ1n) is 13.8. The molecule has 246 valence electrons. The third-order valence-corrected chi connectivity index (χ3v) is 5.53. The summed E-state index contributed by atoms with van der Waals surface area (Å²) in [6.07, 6.45) is 10.5. The van der Waals surface area contributed by atoms with Gasteiger partial charge in [0.2, 0.25) is 0 Å². The van der Waals surface area contributed by atoms with Gasteiger partial charge in [-0.25, -0.2) is 9.59 Å². The third kappa shape index (κ3) is 17.0. The average molecular weight is 762 g/mol. The Balaban J connectivity index is 0.000000766. The van der Waals surface area contributed by atoms with Crippen LogP contribution < -0.4 is 9.47 Å². The smallest absolute Gasteiger partial charge is 0.753 e. The maximum absolute atomic E-state index is 10.8. The zero-order valence-corrected chi connectivity index (χ0v) is 28.9. The van der Waals surface area contributed by atoms with Gasteiger partial charge in [0, 0.05) is 36.9 Å². The molecule has 0 fully saturated rings. The molecule has 0 saturated carbocycles. The number of isothiocyanates is 2. The molecule has 0 aromatic carbocycles. The standard InChI is InChI=1S/C18H24N2O2.C12H8N2O4.2CNS.Ru/c1-3-5-11-21-15-7-9-19-17(13-15)18-14-16(8-10-20-18)22-12-6-4-2;15-11(16)7-1-3-13-9(5-7)10-6-8(12(17)18)2-4-14-10;2*2-1-3;/h7-10,13-14H,3-6,11-12H2,1-2H3;1-6H,(H,15,16)(H,17,18);;;/q;;2*-1;+2. The second-order valence-electron chi connectivity index (χ2n) is 8.81. The Morgan fingerprint density at radius 3 is 1.26 bits per heavy atom. The maximum Gasteiger partial charge on any atom is 2.00 e. The van der Waals surface area contributed by atoms with E-state index in [-0.39, 0.29) is 30.6 Å². The van der Waals surface area contributed by atoms with Crippen LogP contribution in [0.15, 0.2) is 73.3 Å². The zero-order chi connectivity index (χ0) is 34.2. The predicted octanol–water partition coefficient (Wildman–Crippen LogP) is 7.36. The molecular formula is C32H32N6O6RuS2. The van der Waals surface area contributed by atoms with E-state index in [0.29, 0.717) is 11.4 Å². The van der Waals surface area contributed by atoms with Gasteiger partial charge in [-0.15, -0.1) is 0 Å². The van der Waals surface area contributed by atoms with Crippen molar-refractivity contribution in [1.82, 2.24) is 19.9 Å². The van der Waals surface area contributed by atoms with Gasteiger partial charge in [0.15, 0.2) is 0 Å². The molecule has 4 aromatic rings. The fraction of sp³-hybridized carbons (Fsp3) is 0.250. The Hall–Kier alpha value is -4.64. The molecule has 0 saturated heterocycles.